The number of aryl methyl sites for hydroxylation is 1. The van der Waals surface area contributed by atoms with Crippen LogP contribution in [0.15, 0.2) is 4.79 Å². The lowest BCUT2D eigenvalue weighted by Gasteiger charge is -2.27. The summed E-state index contributed by atoms with van der Waals surface area (Å²) in [7, 11) is 0. The summed E-state index contributed by atoms with van der Waals surface area (Å²) >= 11 is 1.98. The first kappa shape index (κ1) is 20.2. The number of aromatic nitrogens is 2. The van der Waals surface area contributed by atoms with Crippen LogP contribution in [0.5, 0.6) is 0 Å². The fraction of sp³-hybridized carbons (Fsp3) is 0.737. The molecule has 1 aromatic rings. The van der Waals surface area contributed by atoms with Crippen molar-refractivity contribution in [3.05, 3.63) is 21.6 Å². The Morgan fingerprint density at radius 2 is 2.15 bits per heavy atom. The summed E-state index contributed by atoms with van der Waals surface area (Å²) in [6, 6.07) is 0.280. The van der Waals surface area contributed by atoms with Gasteiger partial charge in [-0.05, 0) is 38.4 Å². The van der Waals surface area contributed by atoms with Gasteiger partial charge in [0.2, 0.25) is 11.9 Å². The topological polar surface area (TPSA) is 87.3 Å². The van der Waals surface area contributed by atoms with Gasteiger partial charge in [0.15, 0.2) is 0 Å². The van der Waals surface area contributed by atoms with Crippen LogP contribution in [0, 0.1) is 6.92 Å². The van der Waals surface area contributed by atoms with Gasteiger partial charge in [-0.15, -0.1) is 0 Å². The average molecular weight is 395 g/mol. The summed E-state index contributed by atoms with van der Waals surface area (Å²) in [6.07, 6.45) is 4.03. The summed E-state index contributed by atoms with van der Waals surface area (Å²) in [5.74, 6) is 1.75. The molecule has 150 valence electrons. The molecule has 7 nitrogen and oxygen atoms in total. The van der Waals surface area contributed by atoms with E-state index in [9.17, 15) is 9.59 Å². The standard InChI is InChI=1S/C19H30N4O3S/c1-3-27-15-5-4-14(12-15)21-17(24)7-6-16-13(2)20-19(22-18(16)25)23-8-10-26-11-9-23/h14-15H,3-12H2,1-2H3,(H,21,24)(H,20,22,25)/t14-,15+/m1/s1. The van der Waals surface area contributed by atoms with E-state index >= 15 is 0 Å². The predicted molar refractivity (Wildman–Crippen MR) is 109 cm³/mol. The van der Waals surface area contributed by atoms with Gasteiger partial charge in [-0.2, -0.15) is 11.8 Å². The number of rotatable bonds is 7. The molecule has 0 radical (unpaired) electrons. The molecule has 1 saturated carbocycles. The normalized spacial score (nSPS) is 22.8. The maximum Gasteiger partial charge on any atom is 0.255 e. The molecule has 0 aromatic carbocycles. The molecule has 0 unspecified atom stereocenters. The molecule has 2 fully saturated rings. The van der Waals surface area contributed by atoms with Gasteiger partial charge in [-0.3, -0.25) is 14.6 Å². The van der Waals surface area contributed by atoms with Crippen LogP contribution >= 0.6 is 11.8 Å². The largest absolute Gasteiger partial charge is 0.378 e. The number of morpholine rings is 1. The second-order valence-electron chi connectivity index (χ2n) is 7.21. The lowest BCUT2D eigenvalue weighted by atomic mass is 10.1. The van der Waals surface area contributed by atoms with Crippen molar-refractivity contribution in [2.24, 2.45) is 0 Å². The van der Waals surface area contributed by atoms with E-state index in [1.165, 1.54) is 6.42 Å². The van der Waals surface area contributed by atoms with E-state index in [4.69, 9.17) is 4.74 Å². The molecule has 1 aliphatic heterocycles. The first-order valence-corrected chi connectivity index (χ1v) is 10.9. The fourth-order valence-corrected chi connectivity index (χ4v) is 4.95. The molecular weight excluding hydrogens is 364 g/mol. The van der Waals surface area contributed by atoms with Gasteiger partial charge in [-0.1, -0.05) is 6.92 Å². The molecule has 3 rings (SSSR count). The molecule has 2 atom stereocenters. The molecule has 1 amide bonds. The van der Waals surface area contributed by atoms with Crippen LogP contribution in [0.25, 0.3) is 0 Å². The van der Waals surface area contributed by atoms with Crippen LogP contribution in [-0.2, 0) is 16.0 Å². The number of nitrogens with one attached hydrogen (secondary N) is 2. The van der Waals surface area contributed by atoms with E-state index in [0.717, 1.165) is 31.7 Å². The van der Waals surface area contributed by atoms with Crippen LogP contribution in [0.3, 0.4) is 0 Å². The third-order valence-electron chi connectivity index (χ3n) is 5.27. The Labute approximate surface area is 164 Å². The zero-order chi connectivity index (χ0) is 19.2. The Morgan fingerprint density at radius 3 is 2.85 bits per heavy atom. The molecule has 27 heavy (non-hydrogen) atoms. The Morgan fingerprint density at radius 1 is 1.37 bits per heavy atom. The van der Waals surface area contributed by atoms with Crippen molar-refractivity contribution in [2.75, 3.05) is 37.0 Å². The quantitative estimate of drug-likeness (QED) is 0.731. The van der Waals surface area contributed by atoms with E-state index in [1.54, 1.807) is 0 Å². The number of carbonyl (C=O) groups excluding carboxylic acids is 1. The number of H-pyrrole nitrogens is 1. The van der Waals surface area contributed by atoms with Crippen molar-refractivity contribution in [3.8, 4) is 0 Å². The number of aromatic amines is 1. The minimum absolute atomic E-state index is 0.0261. The first-order valence-electron chi connectivity index (χ1n) is 9.90. The summed E-state index contributed by atoms with van der Waals surface area (Å²) in [6.45, 7) is 6.75. The molecule has 0 bridgehead atoms. The maximum atomic E-state index is 12.5. The highest BCUT2D eigenvalue weighted by atomic mass is 32.2. The molecular formula is C19H30N4O3S. The number of hydrogen-bond acceptors (Lipinski definition) is 6. The van der Waals surface area contributed by atoms with Crippen LogP contribution in [-0.4, -0.2) is 59.2 Å². The number of nitrogens with zero attached hydrogens (tertiary/aromatic N) is 2. The van der Waals surface area contributed by atoms with E-state index < -0.39 is 0 Å². The zero-order valence-corrected chi connectivity index (χ0v) is 17.1. The molecule has 2 aliphatic rings. The SMILES string of the molecule is CCS[C@H]1CC[C@@H](NC(=O)CCc2c(C)nc(N3CCOCC3)[nH]c2=O)C1. The van der Waals surface area contributed by atoms with Crippen LogP contribution < -0.4 is 15.8 Å². The summed E-state index contributed by atoms with van der Waals surface area (Å²) in [5, 5.41) is 3.80. The van der Waals surface area contributed by atoms with Gasteiger partial charge in [0, 0.05) is 42.1 Å². The van der Waals surface area contributed by atoms with Crippen LogP contribution in [0.2, 0.25) is 0 Å². The van der Waals surface area contributed by atoms with Crippen molar-refractivity contribution >= 4 is 23.6 Å². The Balaban J connectivity index is 1.53. The van der Waals surface area contributed by atoms with E-state index in [1.807, 2.05) is 23.6 Å². The minimum Gasteiger partial charge on any atom is -0.378 e. The smallest absolute Gasteiger partial charge is 0.255 e. The summed E-state index contributed by atoms with van der Waals surface area (Å²) < 4.78 is 5.34. The van der Waals surface area contributed by atoms with Crippen molar-refractivity contribution < 1.29 is 9.53 Å². The molecule has 1 saturated heterocycles. The number of carbonyl (C=O) groups is 1. The maximum absolute atomic E-state index is 12.5. The van der Waals surface area contributed by atoms with Gasteiger partial charge in [0.1, 0.15) is 0 Å². The minimum atomic E-state index is -0.142. The molecule has 8 heteroatoms. The monoisotopic (exact) mass is 394 g/mol. The van der Waals surface area contributed by atoms with Gasteiger partial charge in [0.05, 0.1) is 13.2 Å². The van der Waals surface area contributed by atoms with Crippen molar-refractivity contribution in [1.82, 2.24) is 15.3 Å². The number of thioether (sulfide) groups is 1. The zero-order valence-electron chi connectivity index (χ0n) is 16.3. The number of anilines is 1. The second kappa shape index (κ2) is 9.59. The lowest BCUT2D eigenvalue weighted by Crippen LogP contribution is -2.39. The first-order chi connectivity index (χ1) is 13.1. The van der Waals surface area contributed by atoms with Gasteiger partial charge >= 0.3 is 0 Å². The number of ether oxygens (including phenoxy) is 1. The van der Waals surface area contributed by atoms with Crippen molar-refractivity contribution in [3.63, 3.8) is 0 Å². The fourth-order valence-electron chi connectivity index (χ4n) is 3.81. The molecule has 1 aromatic heterocycles. The number of hydrogen-bond donors (Lipinski definition) is 2. The van der Waals surface area contributed by atoms with E-state index in [2.05, 4.69) is 22.2 Å². The Bertz CT molecular complexity index is 703. The Kier molecular flexibility index (Phi) is 7.18. The van der Waals surface area contributed by atoms with Gasteiger partial charge in [-0.25, -0.2) is 4.98 Å². The third kappa shape index (κ3) is 5.48. The average Bonchev–Trinajstić information content (AvgIpc) is 3.09. The third-order valence-corrected chi connectivity index (χ3v) is 6.51. The molecule has 0 spiro atoms. The highest BCUT2D eigenvalue weighted by Gasteiger charge is 2.25. The molecule has 1 aliphatic carbocycles. The van der Waals surface area contributed by atoms with E-state index in [0.29, 0.717) is 48.5 Å². The summed E-state index contributed by atoms with van der Waals surface area (Å²) in [5.41, 5.74) is 1.17. The summed E-state index contributed by atoms with van der Waals surface area (Å²) in [4.78, 5) is 34.2. The van der Waals surface area contributed by atoms with Gasteiger partial charge < -0.3 is 15.0 Å². The highest BCUT2D eigenvalue weighted by molar-refractivity contribution is 7.99. The molecule has 2 N–H and O–H groups in total. The number of amides is 1. The lowest BCUT2D eigenvalue weighted by molar-refractivity contribution is -0.121. The van der Waals surface area contributed by atoms with Crippen molar-refractivity contribution in [2.45, 2.75) is 57.2 Å². The second-order valence-corrected chi connectivity index (χ2v) is 8.79. The van der Waals surface area contributed by atoms with Gasteiger partial charge in [0.25, 0.3) is 5.56 Å². The molecule has 2 heterocycles. The Hall–Kier alpha value is -1.54. The highest BCUT2D eigenvalue weighted by Crippen LogP contribution is 2.29. The van der Waals surface area contributed by atoms with Crippen LogP contribution in [0.4, 0.5) is 5.95 Å². The van der Waals surface area contributed by atoms with Crippen molar-refractivity contribution in [1.29, 1.82) is 0 Å². The predicted octanol–water partition coefficient (Wildman–Crippen LogP) is 1.64. The van der Waals surface area contributed by atoms with Crippen LogP contribution in [0.1, 0.15) is 43.9 Å². The van der Waals surface area contributed by atoms with E-state index in [-0.39, 0.29) is 17.5 Å².